The van der Waals surface area contributed by atoms with Crippen LogP contribution in [0.2, 0.25) is 0 Å². The number of aromatic nitrogens is 3. The summed E-state index contributed by atoms with van der Waals surface area (Å²) in [5.41, 5.74) is 2.13. The standard InChI is InChI=1S/C19H20N4O2/c1-24-17-5-3-2-4-15(17)12-23-11-8-16(13-23)19-21-18(22-25-19)14-6-9-20-10-7-14/h2-7,9-10,16H,8,11-13H2,1H3. The average Bonchev–Trinajstić information content (AvgIpc) is 3.32. The van der Waals surface area contributed by atoms with Crippen LogP contribution < -0.4 is 4.74 Å². The number of hydrogen-bond acceptors (Lipinski definition) is 6. The maximum absolute atomic E-state index is 5.51. The Kier molecular flexibility index (Phi) is 4.43. The first-order valence-electron chi connectivity index (χ1n) is 8.42. The summed E-state index contributed by atoms with van der Waals surface area (Å²) in [7, 11) is 1.71. The fourth-order valence-electron chi connectivity index (χ4n) is 3.27. The Morgan fingerprint density at radius 2 is 2.04 bits per heavy atom. The smallest absolute Gasteiger partial charge is 0.231 e. The minimum atomic E-state index is 0.276. The van der Waals surface area contributed by atoms with Gasteiger partial charge in [0.15, 0.2) is 0 Å². The van der Waals surface area contributed by atoms with Crippen LogP contribution in [0, 0.1) is 0 Å². The summed E-state index contributed by atoms with van der Waals surface area (Å²) < 4.78 is 11.0. The van der Waals surface area contributed by atoms with Gasteiger partial charge < -0.3 is 9.26 Å². The van der Waals surface area contributed by atoms with Gasteiger partial charge in [0.25, 0.3) is 0 Å². The van der Waals surface area contributed by atoms with E-state index in [-0.39, 0.29) is 5.92 Å². The third kappa shape index (κ3) is 3.39. The summed E-state index contributed by atoms with van der Waals surface area (Å²) in [6.45, 7) is 2.79. The van der Waals surface area contributed by atoms with Gasteiger partial charge in [-0.2, -0.15) is 4.98 Å². The molecule has 0 bridgehead atoms. The molecule has 0 amide bonds. The van der Waals surface area contributed by atoms with Gasteiger partial charge in [0.05, 0.1) is 13.0 Å². The third-order valence-corrected chi connectivity index (χ3v) is 4.59. The van der Waals surface area contributed by atoms with E-state index in [1.165, 1.54) is 5.56 Å². The molecule has 1 fully saturated rings. The van der Waals surface area contributed by atoms with Crippen LogP contribution in [0.4, 0.5) is 0 Å². The van der Waals surface area contributed by atoms with Crippen LogP contribution in [0.1, 0.15) is 23.8 Å². The Morgan fingerprint density at radius 3 is 2.88 bits per heavy atom. The van der Waals surface area contributed by atoms with E-state index in [4.69, 9.17) is 9.26 Å². The zero-order valence-electron chi connectivity index (χ0n) is 14.1. The topological polar surface area (TPSA) is 64.3 Å². The van der Waals surface area contributed by atoms with Crippen LogP contribution in [0.3, 0.4) is 0 Å². The van der Waals surface area contributed by atoms with Gasteiger partial charge in [-0.15, -0.1) is 0 Å². The van der Waals surface area contributed by atoms with Crippen LogP contribution in [0.5, 0.6) is 5.75 Å². The molecule has 0 N–H and O–H groups in total. The molecule has 6 nitrogen and oxygen atoms in total. The summed E-state index contributed by atoms with van der Waals surface area (Å²) in [4.78, 5) is 11.0. The monoisotopic (exact) mass is 336 g/mol. The lowest BCUT2D eigenvalue weighted by Gasteiger charge is -2.17. The number of hydrogen-bond donors (Lipinski definition) is 0. The molecular weight excluding hydrogens is 316 g/mol. The molecule has 1 atom stereocenters. The van der Waals surface area contributed by atoms with Crippen molar-refractivity contribution in [2.24, 2.45) is 0 Å². The molecule has 1 unspecified atom stereocenters. The Hall–Kier alpha value is -2.73. The number of methoxy groups -OCH3 is 1. The molecule has 3 heterocycles. The maximum Gasteiger partial charge on any atom is 0.231 e. The van der Waals surface area contributed by atoms with Crippen molar-refractivity contribution in [3.63, 3.8) is 0 Å². The number of benzene rings is 1. The summed E-state index contributed by atoms with van der Waals surface area (Å²) in [5.74, 6) is 2.55. The van der Waals surface area contributed by atoms with E-state index in [1.54, 1.807) is 19.5 Å². The number of pyridine rings is 1. The number of ether oxygens (including phenoxy) is 1. The van der Waals surface area contributed by atoms with Crippen molar-refractivity contribution < 1.29 is 9.26 Å². The highest BCUT2D eigenvalue weighted by Gasteiger charge is 2.29. The second kappa shape index (κ2) is 7.03. The van der Waals surface area contributed by atoms with Gasteiger partial charge >= 0.3 is 0 Å². The molecule has 1 aliphatic heterocycles. The molecule has 0 saturated carbocycles. The van der Waals surface area contributed by atoms with Crippen LogP contribution in [-0.2, 0) is 6.54 Å². The Morgan fingerprint density at radius 1 is 1.20 bits per heavy atom. The van der Waals surface area contributed by atoms with Gasteiger partial charge in [-0.05, 0) is 31.2 Å². The van der Waals surface area contributed by atoms with Crippen LogP contribution in [0.25, 0.3) is 11.4 Å². The number of rotatable bonds is 5. The first-order valence-corrected chi connectivity index (χ1v) is 8.42. The molecule has 0 spiro atoms. The second-order valence-electron chi connectivity index (χ2n) is 6.22. The lowest BCUT2D eigenvalue weighted by atomic mass is 10.1. The van der Waals surface area contributed by atoms with Crippen molar-refractivity contribution in [3.05, 3.63) is 60.2 Å². The van der Waals surface area contributed by atoms with E-state index in [9.17, 15) is 0 Å². The molecule has 0 aliphatic carbocycles. The zero-order chi connectivity index (χ0) is 17.1. The highest BCUT2D eigenvalue weighted by Crippen LogP contribution is 2.30. The molecule has 3 aromatic rings. The van der Waals surface area contributed by atoms with Gasteiger partial charge in [0.1, 0.15) is 5.75 Å². The number of likely N-dealkylation sites (tertiary alicyclic amines) is 1. The van der Waals surface area contributed by atoms with Crippen LogP contribution >= 0.6 is 0 Å². The summed E-state index contributed by atoms with van der Waals surface area (Å²) in [6.07, 6.45) is 4.49. The Bertz CT molecular complexity index is 834. The first kappa shape index (κ1) is 15.8. The van der Waals surface area contributed by atoms with Gasteiger partial charge in [0, 0.05) is 36.6 Å². The molecule has 25 heavy (non-hydrogen) atoms. The Labute approximate surface area is 146 Å². The van der Waals surface area contributed by atoms with E-state index in [0.29, 0.717) is 11.7 Å². The number of para-hydroxylation sites is 1. The predicted octanol–water partition coefficient (Wildman–Crippen LogP) is 3.13. The highest BCUT2D eigenvalue weighted by atomic mass is 16.5. The summed E-state index contributed by atoms with van der Waals surface area (Å²) in [5, 5.41) is 4.12. The normalized spacial score (nSPS) is 17.7. The molecular formula is C19H20N4O2. The van der Waals surface area contributed by atoms with Gasteiger partial charge in [-0.3, -0.25) is 9.88 Å². The molecule has 2 aromatic heterocycles. The van der Waals surface area contributed by atoms with E-state index in [0.717, 1.165) is 37.4 Å². The van der Waals surface area contributed by atoms with E-state index in [2.05, 4.69) is 26.1 Å². The zero-order valence-corrected chi connectivity index (χ0v) is 14.1. The van der Waals surface area contributed by atoms with Crippen molar-refractivity contribution >= 4 is 0 Å². The van der Waals surface area contributed by atoms with Crippen molar-refractivity contribution in [1.82, 2.24) is 20.0 Å². The van der Waals surface area contributed by atoms with E-state index in [1.807, 2.05) is 30.3 Å². The molecule has 4 rings (SSSR count). The molecule has 6 heteroatoms. The Balaban J connectivity index is 1.43. The quantitative estimate of drug-likeness (QED) is 0.713. The van der Waals surface area contributed by atoms with Crippen molar-refractivity contribution in [2.45, 2.75) is 18.9 Å². The van der Waals surface area contributed by atoms with E-state index >= 15 is 0 Å². The van der Waals surface area contributed by atoms with Gasteiger partial charge in [-0.25, -0.2) is 0 Å². The van der Waals surface area contributed by atoms with Crippen LogP contribution in [-0.4, -0.2) is 40.2 Å². The fraction of sp³-hybridized carbons (Fsp3) is 0.316. The summed E-state index contributed by atoms with van der Waals surface area (Å²) >= 11 is 0. The number of nitrogens with zero attached hydrogens (tertiary/aromatic N) is 4. The van der Waals surface area contributed by atoms with Gasteiger partial charge in [0.2, 0.25) is 11.7 Å². The fourth-order valence-corrected chi connectivity index (χ4v) is 3.27. The van der Waals surface area contributed by atoms with Crippen molar-refractivity contribution in [2.75, 3.05) is 20.2 Å². The maximum atomic E-state index is 5.51. The lowest BCUT2D eigenvalue weighted by molar-refractivity contribution is 0.303. The molecule has 0 radical (unpaired) electrons. The third-order valence-electron chi connectivity index (χ3n) is 4.59. The van der Waals surface area contributed by atoms with E-state index < -0.39 is 0 Å². The SMILES string of the molecule is COc1ccccc1CN1CCC(c2nc(-c3ccncc3)no2)C1. The predicted molar refractivity (Wildman–Crippen MR) is 93.2 cm³/mol. The minimum Gasteiger partial charge on any atom is -0.496 e. The largest absolute Gasteiger partial charge is 0.496 e. The van der Waals surface area contributed by atoms with Gasteiger partial charge in [-0.1, -0.05) is 23.4 Å². The highest BCUT2D eigenvalue weighted by molar-refractivity contribution is 5.52. The second-order valence-corrected chi connectivity index (χ2v) is 6.22. The summed E-state index contributed by atoms with van der Waals surface area (Å²) in [6, 6.07) is 11.9. The lowest BCUT2D eigenvalue weighted by Crippen LogP contribution is -2.20. The minimum absolute atomic E-state index is 0.276. The first-order chi connectivity index (χ1) is 12.3. The van der Waals surface area contributed by atoms with Crippen molar-refractivity contribution in [1.29, 1.82) is 0 Å². The van der Waals surface area contributed by atoms with Crippen molar-refractivity contribution in [3.8, 4) is 17.1 Å². The average molecular weight is 336 g/mol. The molecule has 128 valence electrons. The molecule has 1 aliphatic rings. The molecule has 1 saturated heterocycles. The van der Waals surface area contributed by atoms with Crippen LogP contribution in [0.15, 0.2) is 53.3 Å². The molecule has 1 aromatic carbocycles.